The second kappa shape index (κ2) is 12.8. The number of aromatic nitrogens is 2. The van der Waals surface area contributed by atoms with Gasteiger partial charge in [0.15, 0.2) is 11.6 Å². The van der Waals surface area contributed by atoms with E-state index in [0.29, 0.717) is 18.9 Å². The first-order valence-corrected chi connectivity index (χ1v) is 15.6. The molecule has 9 nitrogen and oxygen atoms in total. The van der Waals surface area contributed by atoms with Crippen molar-refractivity contribution in [3.8, 4) is 5.75 Å². The number of hydrazine groups is 1. The van der Waals surface area contributed by atoms with E-state index in [0.717, 1.165) is 86.7 Å². The Bertz CT molecular complexity index is 1220. The van der Waals surface area contributed by atoms with Gasteiger partial charge < -0.3 is 19.9 Å². The Morgan fingerprint density at radius 2 is 1.93 bits per heavy atom. The van der Waals surface area contributed by atoms with E-state index in [1.54, 1.807) is 6.07 Å². The standard InChI is InChI=1S/C31H48FN7O2/c1-6-19-15-28(40)23(32)16-22(19)20-10-11-21-24(14-20)35-36-29(21)30-33-25-17-27(39(9-4)18-26(25)34-30)31(41)37(5)12-13-38(7-2)8-3/h15-16,20-21,24,27,29,35-36,40H,6-14,17-18H2,1-5H3,(H,33,34)/t20?,21?,24?,27-,29?/m0/s1. The van der Waals surface area contributed by atoms with Crippen molar-refractivity contribution in [2.24, 2.45) is 5.92 Å². The Labute approximate surface area is 243 Å². The molecule has 5 atom stereocenters. The van der Waals surface area contributed by atoms with Gasteiger partial charge in [0.2, 0.25) is 5.91 Å². The fraction of sp³-hybridized carbons (Fsp3) is 0.677. The second-order valence-electron chi connectivity index (χ2n) is 12.0. The van der Waals surface area contributed by atoms with Crippen LogP contribution in [0, 0.1) is 11.7 Å². The monoisotopic (exact) mass is 569 g/mol. The number of halogens is 1. The molecule has 1 aliphatic carbocycles. The van der Waals surface area contributed by atoms with E-state index < -0.39 is 5.82 Å². The summed E-state index contributed by atoms with van der Waals surface area (Å²) in [5, 5.41) is 9.87. The summed E-state index contributed by atoms with van der Waals surface area (Å²) in [5.74, 6) is 0.935. The molecule has 2 aromatic rings. The number of carbonyl (C=O) groups excluding carboxylic acids is 1. The third kappa shape index (κ3) is 6.02. The zero-order chi connectivity index (χ0) is 29.3. The molecule has 41 heavy (non-hydrogen) atoms. The maximum atomic E-state index is 14.3. The minimum absolute atomic E-state index is 0.0646. The van der Waals surface area contributed by atoms with Gasteiger partial charge in [0.05, 0.1) is 23.5 Å². The van der Waals surface area contributed by atoms with Crippen LogP contribution in [0.5, 0.6) is 5.75 Å². The average molecular weight is 570 g/mol. The molecule has 1 amide bonds. The third-order valence-electron chi connectivity index (χ3n) is 9.87. The fourth-order valence-corrected chi connectivity index (χ4v) is 7.23. The van der Waals surface area contributed by atoms with Crippen LogP contribution in [0.1, 0.15) is 87.3 Å². The first kappa shape index (κ1) is 29.9. The number of phenols is 1. The summed E-state index contributed by atoms with van der Waals surface area (Å²) >= 11 is 0. The van der Waals surface area contributed by atoms with Crippen LogP contribution in [0.4, 0.5) is 4.39 Å². The molecule has 3 aliphatic rings. The Hall–Kier alpha value is -2.53. The zero-order valence-electron chi connectivity index (χ0n) is 25.3. The molecule has 0 spiro atoms. The van der Waals surface area contributed by atoms with Crippen molar-refractivity contribution in [1.29, 1.82) is 0 Å². The molecule has 3 heterocycles. The number of aryl methyl sites for hydroxylation is 1. The van der Waals surface area contributed by atoms with Crippen LogP contribution >= 0.6 is 0 Å². The fourth-order valence-electron chi connectivity index (χ4n) is 7.23. The molecule has 1 saturated carbocycles. The van der Waals surface area contributed by atoms with E-state index >= 15 is 0 Å². The van der Waals surface area contributed by atoms with Gasteiger partial charge in [-0.3, -0.25) is 15.1 Å². The van der Waals surface area contributed by atoms with Gasteiger partial charge in [-0.1, -0.05) is 27.7 Å². The summed E-state index contributed by atoms with van der Waals surface area (Å²) in [7, 11) is 1.92. The minimum atomic E-state index is -0.538. The molecule has 0 bridgehead atoms. The molecule has 4 N–H and O–H groups in total. The molecule has 1 saturated heterocycles. The maximum absolute atomic E-state index is 14.3. The van der Waals surface area contributed by atoms with Crippen LogP contribution in [-0.2, 0) is 24.2 Å². The van der Waals surface area contributed by atoms with Crippen LogP contribution in [0.2, 0.25) is 0 Å². The van der Waals surface area contributed by atoms with Gasteiger partial charge in [0.25, 0.3) is 0 Å². The third-order valence-corrected chi connectivity index (χ3v) is 9.87. The highest BCUT2D eigenvalue weighted by atomic mass is 19.1. The van der Waals surface area contributed by atoms with E-state index in [4.69, 9.17) is 4.98 Å². The van der Waals surface area contributed by atoms with Crippen LogP contribution in [0.3, 0.4) is 0 Å². The quantitative estimate of drug-likeness (QED) is 0.348. The Kier molecular flexibility index (Phi) is 9.33. The number of aromatic amines is 1. The van der Waals surface area contributed by atoms with Gasteiger partial charge in [0.1, 0.15) is 5.82 Å². The van der Waals surface area contributed by atoms with Gasteiger partial charge in [-0.2, -0.15) is 0 Å². The summed E-state index contributed by atoms with van der Waals surface area (Å²) < 4.78 is 14.3. The van der Waals surface area contributed by atoms with Crippen molar-refractivity contribution in [2.75, 3.05) is 39.8 Å². The van der Waals surface area contributed by atoms with E-state index in [1.807, 2.05) is 18.9 Å². The summed E-state index contributed by atoms with van der Waals surface area (Å²) in [6.45, 7) is 13.6. The molecular weight excluding hydrogens is 521 g/mol. The number of benzene rings is 1. The van der Waals surface area contributed by atoms with Crippen molar-refractivity contribution in [2.45, 2.75) is 90.4 Å². The number of fused-ring (bicyclic) bond motifs is 2. The predicted molar refractivity (Wildman–Crippen MR) is 158 cm³/mol. The molecule has 1 aromatic heterocycles. The number of likely N-dealkylation sites (N-methyl/N-ethyl adjacent to an activating group) is 3. The van der Waals surface area contributed by atoms with Crippen LogP contribution in [0.25, 0.3) is 0 Å². The summed E-state index contributed by atoms with van der Waals surface area (Å²) in [5.41, 5.74) is 11.2. The Morgan fingerprint density at radius 3 is 2.63 bits per heavy atom. The van der Waals surface area contributed by atoms with Gasteiger partial charge in [-0.05, 0) is 80.4 Å². The highest BCUT2D eigenvalue weighted by molar-refractivity contribution is 5.82. The van der Waals surface area contributed by atoms with Crippen LogP contribution in [-0.4, -0.2) is 87.5 Å². The lowest BCUT2D eigenvalue weighted by Crippen LogP contribution is -2.51. The van der Waals surface area contributed by atoms with Crippen molar-refractivity contribution in [3.05, 3.63) is 46.3 Å². The topological polar surface area (TPSA) is 99.8 Å². The van der Waals surface area contributed by atoms with Crippen molar-refractivity contribution >= 4 is 5.91 Å². The molecule has 2 fully saturated rings. The largest absolute Gasteiger partial charge is 0.505 e. The zero-order valence-corrected chi connectivity index (χ0v) is 25.3. The number of rotatable bonds is 10. The Morgan fingerprint density at radius 1 is 1.15 bits per heavy atom. The summed E-state index contributed by atoms with van der Waals surface area (Å²) in [6, 6.07) is 3.26. The molecule has 0 radical (unpaired) electrons. The molecule has 226 valence electrons. The lowest BCUT2D eigenvalue weighted by atomic mass is 9.73. The summed E-state index contributed by atoms with van der Waals surface area (Å²) in [6.07, 6.45) is 4.27. The number of hydrogen-bond donors (Lipinski definition) is 4. The number of nitrogens with one attached hydrogen (secondary N) is 3. The van der Waals surface area contributed by atoms with Gasteiger partial charge in [0, 0.05) is 39.1 Å². The van der Waals surface area contributed by atoms with Gasteiger partial charge in [-0.15, -0.1) is 0 Å². The van der Waals surface area contributed by atoms with Crippen molar-refractivity contribution in [1.82, 2.24) is 35.5 Å². The lowest BCUT2D eigenvalue weighted by Gasteiger charge is -2.35. The number of phenolic OH excluding ortho intramolecular Hbond substituents is 1. The van der Waals surface area contributed by atoms with Crippen LogP contribution in [0.15, 0.2) is 12.1 Å². The van der Waals surface area contributed by atoms with E-state index in [1.165, 1.54) is 6.07 Å². The Balaban J connectivity index is 1.26. The van der Waals surface area contributed by atoms with Gasteiger partial charge in [-0.25, -0.2) is 14.8 Å². The minimum Gasteiger partial charge on any atom is -0.505 e. The molecule has 1 aromatic carbocycles. The van der Waals surface area contributed by atoms with E-state index in [9.17, 15) is 14.3 Å². The normalized spacial score (nSPS) is 26.3. The number of H-pyrrole nitrogens is 1. The molecule has 10 heteroatoms. The highest BCUT2D eigenvalue weighted by Crippen LogP contribution is 2.44. The van der Waals surface area contributed by atoms with Crippen molar-refractivity contribution < 1.29 is 14.3 Å². The maximum Gasteiger partial charge on any atom is 0.240 e. The number of carbonyl (C=O) groups is 1. The van der Waals surface area contributed by atoms with Crippen molar-refractivity contribution in [3.63, 3.8) is 0 Å². The highest BCUT2D eigenvalue weighted by Gasteiger charge is 2.44. The number of amides is 1. The molecule has 2 aliphatic heterocycles. The second-order valence-corrected chi connectivity index (χ2v) is 12.0. The lowest BCUT2D eigenvalue weighted by molar-refractivity contribution is -0.136. The molecule has 5 rings (SSSR count). The smallest absolute Gasteiger partial charge is 0.240 e. The summed E-state index contributed by atoms with van der Waals surface area (Å²) in [4.78, 5) is 28.7. The first-order valence-electron chi connectivity index (χ1n) is 15.6. The average Bonchev–Trinajstić information content (AvgIpc) is 3.60. The first-order chi connectivity index (χ1) is 19.8. The van der Waals surface area contributed by atoms with Gasteiger partial charge >= 0.3 is 0 Å². The molecular formula is C31H48FN7O2. The SMILES string of the molecule is CCc1cc(O)c(F)cc1C1CCC2C(C1)NNC2c1nc2c([nH]1)CN(CC)[C@H](C(=O)N(C)CCN(CC)CC)C2. The molecule has 4 unspecified atom stereocenters. The number of aromatic hydroxyl groups is 1. The number of hydrogen-bond acceptors (Lipinski definition) is 7. The van der Waals surface area contributed by atoms with E-state index in [2.05, 4.69) is 46.4 Å². The number of imidazole rings is 1. The predicted octanol–water partition coefficient (Wildman–Crippen LogP) is 3.47. The van der Waals surface area contributed by atoms with E-state index in [-0.39, 0.29) is 35.7 Å². The number of nitrogens with zero attached hydrogens (tertiary/aromatic N) is 4. The van der Waals surface area contributed by atoms with Crippen LogP contribution < -0.4 is 10.9 Å².